The van der Waals surface area contributed by atoms with Gasteiger partial charge in [-0.05, 0) is 24.3 Å². The molecular weight excluding hydrogens is 350 g/mol. The Balaban J connectivity index is 2.47. The zero-order valence-electron chi connectivity index (χ0n) is 9.57. The lowest BCUT2D eigenvalue weighted by atomic mass is 10.3. The number of sulfonamides is 1. The van der Waals surface area contributed by atoms with Crippen molar-refractivity contribution in [2.45, 2.75) is 4.90 Å². The van der Waals surface area contributed by atoms with E-state index in [2.05, 4.69) is 9.71 Å². The SMILES string of the molecule is O=S(=O)(Nc1cccnc1Cl)c1ccc(Cl)c(F)c1Cl. The Bertz CT molecular complexity index is 768. The molecule has 0 aliphatic rings. The predicted octanol–water partition coefficient (Wildman–Crippen LogP) is 3.98. The van der Waals surface area contributed by atoms with E-state index in [1.165, 1.54) is 18.3 Å². The van der Waals surface area contributed by atoms with Crippen LogP contribution in [0.4, 0.5) is 10.1 Å². The van der Waals surface area contributed by atoms with Crippen molar-refractivity contribution in [3.63, 3.8) is 0 Å². The van der Waals surface area contributed by atoms with Crippen LogP contribution in [0.25, 0.3) is 0 Å². The molecule has 0 radical (unpaired) electrons. The van der Waals surface area contributed by atoms with Crippen molar-refractivity contribution in [2.24, 2.45) is 0 Å². The molecule has 0 atom stereocenters. The summed E-state index contributed by atoms with van der Waals surface area (Å²) in [5, 5.41) is -0.903. The van der Waals surface area contributed by atoms with Gasteiger partial charge in [-0.15, -0.1) is 0 Å². The third kappa shape index (κ3) is 2.98. The van der Waals surface area contributed by atoms with Gasteiger partial charge < -0.3 is 0 Å². The predicted molar refractivity (Wildman–Crippen MR) is 76.5 cm³/mol. The average molecular weight is 356 g/mol. The number of halogens is 4. The van der Waals surface area contributed by atoms with Gasteiger partial charge in [0.05, 0.1) is 15.7 Å². The molecule has 0 fully saturated rings. The fourth-order valence-corrected chi connectivity index (χ4v) is 3.41. The summed E-state index contributed by atoms with van der Waals surface area (Å²) in [4.78, 5) is 3.28. The molecule has 0 amide bonds. The topological polar surface area (TPSA) is 59.1 Å². The summed E-state index contributed by atoms with van der Waals surface area (Å²) in [7, 11) is -4.11. The molecule has 0 aliphatic heterocycles. The minimum absolute atomic E-state index is 0.0402. The maximum Gasteiger partial charge on any atom is 0.263 e. The molecule has 1 aromatic carbocycles. The van der Waals surface area contributed by atoms with Crippen molar-refractivity contribution in [2.75, 3.05) is 4.72 Å². The second-order valence-electron chi connectivity index (χ2n) is 3.62. The van der Waals surface area contributed by atoms with E-state index in [0.29, 0.717) is 0 Å². The van der Waals surface area contributed by atoms with Crippen LogP contribution in [-0.4, -0.2) is 13.4 Å². The zero-order chi connectivity index (χ0) is 14.9. The number of rotatable bonds is 3. The molecule has 106 valence electrons. The number of benzene rings is 1. The normalized spacial score (nSPS) is 11.4. The van der Waals surface area contributed by atoms with Gasteiger partial charge in [0.15, 0.2) is 11.0 Å². The first-order chi connectivity index (χ1) is 9.33. The molecule has 0 aliphatic carbocycles. The van der Waals surface area contributed by atoms with E-state index >= 15 is 0 Å². The second kappa shape index (κ2) is 5.73. The minimum atomic E-state index is -4.11. The van der Waals surface area contributed by atoms with Gasteiger partial charge in [0.1, 0.15) is 4.90 Å². The van der Waals surface area contributed by atoms with Crippen molar-refractivity contribution < 1.29 is 12.8 Å². The van der Waals surface area contributed by atoms with Crippen LogP contribution < -0.4 is 4.72 Å². The van der Waals surface area contributed by atoms with E-state index in [-0.39, 0.29) is 15.9 Å². The van der Waals surface area contributed by atoms with Gasteiger partial charge in [-0.3, -0.25) is 4.72 Å². The molecule has 0 bridgehead atoms. The van der Waals surface area contributed by atoms with Crippen molar-refractivity contribution in [1.82, 2.24) is 4.98 Å². The number of aromatic nitrogens is 1. The number of pyridine rings is 1. The lowest BCUT2D eigenvalue weighted by molar-refractivity contribution is 0.595. The van der Waals surface area contributed by atoms with E-state index in [0.717, 1.165) is 12.1 Å². The van der Waals surface area contributed by atoms with Gasteiger partial charge in [0, 0.05) is 6.20 Å². The Morgan fingerprint density at radius 1 is 1.15 bits per heavy atom. The first-order valence-corrected chi connectivity index (χ1v) is 7.71. The Hall–Kier alpha value is -1.08. The fraction of sp³-hybridized carbons (Fsp3) is 0. The molecule has 2 rings (SSSR count). The molecular formula is C11H6Cl3FN2O2S. The van der Waals surface area contributed by atoms with Gasteiger partial charge in [0.25, 0.3) is 10.0 Å². The van der Waals surface area contributed by atoms with Crippen LogP contribution in [0.2, 0.25) is 15.2 Å². The van der Waals surface area contributed by atoms with Gasteiger partial charge in [0.2, 0.25) is 0 Å². The third-order valence-electron chi connectivity index (χ3n) is 2.29. The fourth-order valence-electron chi connectivity index (χ4n) is 1.38. The number of nitrogens with zero attached hydrogens (tertiary/aromatic N) is 1. The van der Waals surface area contributed by atoms with Gasteiger partial charge in [-0.2, -0.15) is 0 Å². The van der Waals surface area contributed by atoms with E-state index in [4.69, 9.17) is 34.8 Å². The summed E-state index contributed by atoms with van der Waals surface area (Å²) < 4.78 is 40.0. The van der Waals surface area contributed by atoms with E-state index in [1.807, 2.05) is 0 Å². The molecule has 20 heavy (non-hydrogen) atoms. The first kappa shape index (κ1) is 15.3. The van der Waals surface area contributed by atoms with Crippen molar-refractivity contribution in [1.29, 1.82) is 0 Å². The van der Waals surface area contributed by atoms with Crippen LogP contribution in [0.1, 0.15) is 0 Å². The summed E-state index contributed by atoms with van der Waals surface area (Å²) in [6.07, 6.45) is 1.40. The van der Waals surface area contributed by atoms with Crippen LogP contribution in [0.5, 0.6) is 0 Å². The summed E-state index contributed by atoms with van der Waals surface area (Å²) in [6.45, 7) is 0. The summed E-state index contributed by atoms with van der Waals surface area (Å²) in [5.74, 6) is -1.01. The lowest BCUT2D eigenvalue weighted by Gasteiger charge is -2.11. The molecule has 0 unspecified atom stereocenters. The molecule has 0 saturated heterocycles. The second-order valence-corrected chi connectivity index (χ2v) is 6.41. The standard InChI is InChI=1S/C11H6Cl3FN2O2S/c12-6-3-4-8(9(13)10(6)15)20(18,19)17-7-2-1-5-16-11(7)14/h1-5,17H. The van der Waals surface area contributed by atoms with E-state index < -0.39 is 25.8 Å². The van der Waals surface area contributed by atoms with Crippen LogP contribution >= 0.6 is 34.8 Å². The first-order valence-electron chi connectivity index (χ1n) is 5.10. The Labute approximate surface area is 129 Å². The number of anilines is 1. The van der Waals surface area contributed by atoms with Crippen molar-refractivity contribution in [3.05, 3.63) is 51.5 Å². The van der Waals surface area contributed by atoms with Gasteiger partial charge >= 0.3 is 0 Å². The smallest absolute Gasteiger partial charge is 0.263 e. The van der Waals surface area contributed by atoms with Crippen LogP contribution in [-0.2, 0) is 10.0 Å². The summed E-state index contributed by atoms with van der Waals surface area (Å²) in [5.41, 5.74) is 0.0561. The number of nitrogens with one attached hydrogen (secondary N) is 1. The monoisotopic (exact) mass is 354 g/mol. The summed E-state index contributed by atoms with van der Waals surface area (Å²) >= 11 is 16.9. The quantitative estimate of drug-likeness (QED) is 0.669. The summed E-state index contributed by atoms with van der Waals surface area (Å²) in [6, 6.07) is 5.10. The van der Waals surface area contributed by atoms with E-state index in [1.54, 1.807) is 0 Å². The molecule has 2 aromatic rings. The highest BCUT2D eigenvalue weighted by Crippen LogP contribution is 2.31. The van der Waals surface area contributed by atoms with Crippen molar-refractivity contribution >= 4 is 50.5 Å². The zero-order valence-corrected chi connectivity index (χ0v) is 12.7. The molecule has 0 saturated carbocycles. The number of hydrogen-bond donors (Lipinski definition) is 1. The highest BCUT2D eigenvalue weighted by Gasteiger charge is 2.22. The van der Waals surface area contributed by atoms with Gasteiger partial charge in [-0.1, -0.05) is 34.8 Å². The minimum Gasteiger partial charge on any atom is -0.276 e. The van der Waals surface area contributed by atoms with Crippen LogP contribution in [0.3, 0.4) is 0 Å². The maximum absolute atomic E-state index is 13.5. The molecule has 1 heterocycles. The lowest BCUT2D eigenvalue weighted by Crippen LogP contribution is -2.14. The molecule has 0 spiro atoms. The number of hydrogen-bond acceptors (Lipinski definition) is 3. The van der Waals surface area contributed by atoms with Crippen LogP contribution in [0.15, 0.2) is 35.4 Å². The largest absolute Gasteiger partial charge is 0.276 e. The maximum atomic E-state index is 13.5. The Morgan fingerprint density at radius 3 is 2.50 bits per heavy atom. The molecule has 9 heteroatoms. The van der Waals surface area contributed by atoms with Gasteiger partial charge in [-0.25, -0.2) is 17.8 Å². The van der Waals surface area contributed by atoms with E-state index in [9.17, 15) is 12.8 Å². The highest BCUT2D eigenvalue weighted by molar-refractivity contribution is 7.92. The Kier molecular flexibility index (Phi) is 4.39. The third-order valence-corrected chi connectivity index (χ3v) is 4.78. The molecule has 4 nitrogen and oxygen atoms in total. The van der Waals surface area contributed by atoms with Crippen LogP contribution in [0, 0.1) is 5.82 Å². The molecule has 1 N–H and O–H groups in total. The Morgan fingerprint density at radius 2 is 1.85 bits per heavy atom. The highest BCUT2D eigenvalue weighted by atomic mass is 35.5. The van der Waals surface area contributed by atoms with Crippen molar-refractivity contribution in [3.8, 4) is 0 Å². The molecule has 1 aromatic heterocycles. The average Bonchev–Trinajstić information content (AvgIpc) is 2.38.